The van der Waals surface area contributed by atoms with Crippen LogP contribution in [0.25, 0.3) is 10.9 Å². The smallest absolute Gasteiger partial charge is 0.272 e. The highest BCUT2D eigenvalue weighted by atomic mass is 16.5. The van der Waals surface area contributed by atoms with Gasteiger partial charge in [-0.25, -0.2) is 4.98 Å². The summed E-state index contributed by atoms with van der Waals surface area (Å²) in [5, 5.41) is 1.05. The van der Waals surface area contributed by atoms with E-state index in [1.807, 2.05) is 48.2 Å². The molecule has 2 heterocycles. The molecule has 5 nitrogen and oxygen atoms in total. The molecule has 4 rings (SSSR count). The largest absolute Gasteiger partial charge is 0.376 e. The summed E-state index contributed by atoms with van der Waals surface area (Å²) in [6, 6.07) is 11.7. The van der Waals surface area contributed by atoms with Crippen molar-refractivity contribution in [1.82, 2.24) is 9.88 Å². The van der Waals surface area contributed by atoms with Gasteiger partial charge in [-0.05, 0) is 31.9 Å². The molecular formula is C19H22N2O3. The molecule has 1 saturated carbocycles. The molecule has 126 valence electrons. The Labute approximate surface area is 141 Å². The van der Waals surface area contributed by atoms with E-state index < -0.39 is 0 Å². The van der Waals surface area contributed by atoms with Gasteiger partial charge < -0.3 is 14.4 Å². The maximum Gasteiger partial charge on any atom is 0.272 e. The predicted octanol–water partition coefficient (Wildman–Crippen LogP) is 2.64. The third-order valence-corrected chi connectivity index (χ3v) is 4.99. The Morgan fingerprint density at radius 3 is 3.04 bits per heavy atom. The number of pyridine rings is 1. The molecule has 5 heteroatoms. The predicted molar refractivity (Wildman–Crippen MR) is 91.0 cm³/mol. The van der Waals surface area contributed by atoms with Gasteiger partial charge in [-0.3, -0.25) is 4.79 Å². The fourth-order valence-corrected chi connectivity index (χ4v) is 3.89. The fourth-order valence-electron chi connectivity index (χ4n) is 3.89. The average molecular weight is 326 g/mol. The molecule has 1 amide bonds. The molecule has 0 radical (unpaired) electrons. The van der Waals surface area contributed by atoms with E-state index in [0.29, 0.717) is 25.5 Å². The molecule has 1 aromatic carbocycles. The van der Waals surface area contributed by atoms with E-state index >= 15 is 0 Å². The number of benzene rings is 1. The highest BCUT2D eigenvalue weighted by molar-refractivity contribution is 5.95. The Hall–Kier alpha value is -1.98. The van der Waals surface area contributed by atoms with Crippen LogP contribution in [0.4, 0.5) is 0 Å². The van der Waals surface area contributed by atoms with Gasteiger partial charge in [-0.1, -0.05) is 24.3 Å². The van der Waals surface area contributed by atoms with Crippen LogP contribution in [-0.4, -0.2) is 53.8 Å². The Bertz CT molecular complexity index is 748. The number of para-hydroxylation sites is 1. The van der Waals surface area contributed by atoms with E-state index in [-0.39, 0.29) is 24.2 Å². The second-order valence-corrected chi connectivity index (χ2v) is 6.36. The summed E-state index contributed by atoms with van der Waals surface area (Å²) in [7, 11) is 0. The van der Waals surface area contributed by atoms with Gasteiger partial charge in [0.2, 0.25) is 0 Å². The van der Waals surface area contributed by atoms with E-state index in [9.17, 15) is 4.79 Å². The average Bonchev–Trinajstić information content (AvgIpc) is 3.04. The third kappa shape index (κ3) is 2.68. The number of rotatable bonds is 3. The van der Waals surface area contributed by atoms with Crippen LogP contribution in [0, 0.1) is 0 Å². The maximum atomic E-state index is 13.0. The molecule has 3 atom stereocenters. The van der Waals surface area contributed by atoms with Crippen LogP contribution in [0.5, 0.6) is 0 Å². The molecule has 2 aliphatic rings. The van der Waals surface area contributed by atoms with Crippen molar-refractivity contribution in [2.75, 3.05) is 19.8 Å². The van der Waals surface area contributed by atoms with Crippen molar-refractivity contribution in [3.05, 3.63) is 42.1 Å². The van der Waals surface area contributed by atoms with E-state index in [1.165, 1.54) is 0 Å². The van der Waals surface area contributed by atoms with Crippen LogP contribution in [0.3, 0.4) is 0 Å². The number of ether oxygens (including phenoxy) is 2. The summed E-state index contributed by atoms with van der Waals surface area (Å²) in [5.41, 5.74) is 1.36. The second-order valence-electron chi connectivity index (χ2n) is 6.36. The van der Waals surface area contributed by atoms with Crippen molar-refractivity contribution in [2.45, 2.75) is 38.0 Å². The summed E-state index contributed by atoms with van der Waals surface area (Å²) in [6.07, 6.45) is 1.95. The Morgan fingerprint density at radius 2 is 2.17 bits per heavy atom. The first kappa shape index (κ1) is 15.5. The maximum absolute atomic E-state index is 13.0. The van der Waals surface area contributed by atoms with E-state index in [4.69, 9.17) is 9.47 Å². The lowest BCUT2D eigenvalue weighted by molar-refractivity contribution is -0.102. The Morgan fingerprint density at radius 1 is 1.29 bits per heavy atom. The van der Waals surface area contributed by atoms with Crippen LogP contribution < -0.4 is 0 Å². The van der Waals surface area contributed by atoms with Crippen LogP contribution >= 0.6 is 0 Å². The topological polar surface area (TPSA) is 51.7 Å². The summed E-state index contributed by atoms with van der Waals surface area (Å²) in [6.45, 7) is 3.85. The number of carbonyl (C=O) groups excluding carboxylic acids is 1. The molecule has 0 bridgehead atoms. The lowest BCUT2D eigenvalue weighted by atomic mass is 10.1. The summed E-state index contributed by atoms with van der Waals surface area (Å²) >= 11 is 0. The van der Waals surface area contributed by atoms with Crippen molar-refractivity contribution in [3.63, 3.8) is 0 Å². The molecule has 1 aliphatic heterocycles. The lowest BCUT2D eigenvalue weighted by Crippen LogP contribution is -2.54. The van der Waals surface area contributed by atoms with Gasteiger partial charge in [-0.15, -0.1) is 0 Å². The summed E-state index contributed by atoms with van der Waals surface area (Å²) in [4.78, 5) is 19.5. The summed E-state index contributed by atoms with van der Waals surface area (Å²) in [5.74, 6) is -0.00352. The lowest BCUT2D eigenvalue weighted by Gasteiger charge is -2.38. The fraction of sp³-hybridized carbons (Fsp3) is 0.474. The van der Waals surface area contributed by atoms with E-state index in [1.54, 1.807) is 0 Å². The zero-order valence-corrected chi connectivity index (χ0v) is 13.9. The number of hydrogen-bond donors (Lipinski definition) is 0. The number of carbonyl (C=O) groups is 1. The number of aromatic nitrogens is 1. The minimum Gasteiger partial charge on any atom is -0.376 e. The van der Waals surface area contributed by atoms with E-state index in [2.05, 4.69) is 4.98 Å². The van der Waals surface area contributed by atoms with Crippen molar-refractivity contribution in [1.29, 1.82) is 0 Å². The minimum absolute atomic E-state index is 0.00352. The second kappa shape index (κ2) is 6.49. The molecule has 2 fully saturated rings. The molecule has 0 N–H and O–H groups in total. The van der Waals surface area contributed by atoms with Gasteiger partial charge >= 0.3 is 0 Å². The first-order valence-corrected chi connectivity index (χ1v) is 8.68. The molecule has 1 saturated heterocycles. The Balaban J connectivity index is 1.58. The summed E-state index contributed by atoms with van der Waals surface area (Å²) < 4.78 is 11.7. The normalized spacial score (nSPS) is 26.5. The highest BCUT2D eigenvalue weighted by Gasteiger charge is 2.45. The molecule has 0 spiro atoms. The van der Waals surface area contributed by atoms with Crippen LogP contribution in [0.2, 0.25) is 0 Å². The monoisotopic (exact) mass is 326 g/mol. The Kier molecular flexibility index (Phi) is 4.21. The number of nitrogens with zero attached hydrogens (tertiary/aromatic N) is 2. The molecule has 2 aromatic rings. The number of amides is 1. The van der Waals surface area contributed by atoms with Gasteiger partial charge in [0, 0.05) is 18.5 Å². The van der Waals surface area contributed by atoms with Crippen LogP contribution in [-0.2, 0) is 9.47 Å². The SMILES string of the molecule is CCO[C@@H]1CC[C@@H]2[C@@H]1OCCN2C(=O)c1ccc2ccccc2n1. The zero-order chi connectivity index (χ0) is 16.5. The van der Waals surface area contributed by atoms with Gasteiger partial charge in [-0.2, -0.15) is 0 Å². The first-order valence-electron chi connectivity index (χ1n) is 8.68. The zero-order valence-electron chi connectivity index (χ0n) is 13.9. The molecule has 0 unspecified atom stereocenters. The van der Waals surface area contributed by atoms with E-state index in [0.717, 1.165) is 23.7 Å². The van der Waals surface area contributed by atoms with Crippen LogP contribution in [0.15, 0.2) is 36.4 Å². The third-order valence-electron chi connectivity index (χ3n) is 4.99. The number of morpholine rings is 1. The number of fused-ring (bicyclic) bond motifs is 2. The van der Waals surface area contributed by atoms with Gasteiger partial charge in [0.1, 0.15) is 11.8 Å². The van der Waals surface area contributed by atoms with Crippen molar-refractivity contribution in [2.24, 2.45) is 0 Å². The minimum atomic E-state index is -0.0110. The quantitative estimate of drug-likeness (QED) is 0.870. The molecule has 1 aliphatic carbocycles. The standard InChI is InChI=1S/C19H22N2O3/c1-2-23-17-10-9-16-18(17)24-12-11-21(16)19(22)15-8-7-13-5-3-4-6-14(13)20-15/h3-8,16-18H,2,9-12H2,1H3/t16-,17-,18+/m1/s1. The molecule has 24 heavy (non-hydrogen) atoms. The highest BCUT2D eigenvalue weighted by Crippen LogP contribution is 2.33. The first-order chi connectivity index (χ1) is 11.8. The van der Waals surface area contributed by atoms with Gasteiger partial charge in [0.15, 0.2) is 0 Å². The molecule has 1 aromatic heterocycles. The van der Waals surface area contributed by atoms with Crippen molar-refractivity contribution < 1.29 is 14.3 Å². The van der Waals surface area contributed by atoms with Gasteiger partial charge in [0.05, 0.1) is 24.3 Å². The van der Waals surface area contributed by atoms with Crippen molar-refractivity contribution in [3.8, 4) is 0 Å². The van der Waals surface area contributed by atoms with Crippen molar-refractivity contribution >= 4 is 16.8 Å². The van der Waals surface area contributed by atoms with Crippen LogP contribution in [0.1, 0.15) is 30.3 Å². The number of hydrogen-bond acceptors (Lipinski definition) is 4. The molecular weight excluding hydrogens is 304 g/mol. The van der Waals surface area contributed by atoms with Gasteiger partial charge in [0.25, 0.3) is 5.91 Å².